The zero-order valence-corrected chi connectivity index (χ0v) is 16.2. The Morgan fingerprint density at radius 2 is 1.77 bits per heavy atom. The maximum Gasteiger partial charge on any atom is 0.264 e. The highest BCUT2D eigenvalue weighted by Crippen LogP contribution is 2.30. The largest absolute Gasteiger partial charge is 0.491 e. The van der Waals surface area contributed by atoms with E-state index in [0.717, 1.165) is 0 Å². The molecule has 142 valence electrons. The van der Waals surface area contributed by atoms with Crippen LogP contribution in [0, 0.1) is 11.6 Å². The first kappa shape index (κ1) is 20.7. The molecule has 0 spiro atoms. The minimum atomic E-state index is -4.33. The Bertz CT molecular complexity index is 909. The quantitative estimate of drug-likeness (QED) is 0.682. The van der Waals surface area contributed by atoms with E-state index >= 15 is 0 Å². The van der Waals surface area contributed by atoms with Crippen molar-refractivity contribution in [1.29, 1.82) is 0 Å². The molecule has 2 rings (SSSR count). The van der Waals surface area contributed by atoms with Gasteiger partial charge in [-0.25, -0.2) is 17.2 Å². The molecule has 10 heteroatoms. The van der Waals surface area contributed by atoms with Gasteiger partial charge in [-0.05, 0) is 32.3 Å². The van der Waals surface area contributed by atoms with E-state index in [1.165, 1.54) is 18.2 Å². The van der Waals surface area contributed by atoms with Crippen LogP contribution in [0.25, 0.3) is 0 Å². The number of benzene rings is 2. The van der Waals surface area contributed by atoms with Gasteiger partial charge < -0.3 is 9.64 Å². The second-order valence-electron chi connectivity index (χ2n) is 5.60. The summed E-state index contributed by atoms with van der Waals surface area (Å²) < 4.78 is 59.5. The number of hydrogen-bond donors (Lipinski definition) is 1. The van der Waals surface area contributed by atoms with Gasteiger partial charge in [0.15, 0.2) is 0 Å². The number of halogens is 4. The van der Waals surface area contributed by atoms with E-state index < -0.39 is 31.6 Å². The number of hydrogen-bond acceptors (Lipinski definition) is 4. The molecule has 0 bridgehead atoms. The van der Waals surface area contributed by atoms with Crippen molar-refractivity contribution in [2.75, 3.05) is 32.0 Å². The molecule has 0 amide bonds. The fraction of sp³-hybridized carbons (Fsp3) is 0.250. The highest BCUT2D eigenvalue weighted by Gasteiger charge is 2.22. The van der Waals surface area contributed by atoms with E-state index in [-0.39, 0.29) is 11.4 Å². The number of ether oxygens (including phenoxy) is 1. The molecule has 0 heterocycles. The van der Waals surface area contributed by atoms with Crippen LogP contribution in [0.2, 0.25) is 10.0 Å². The number of anilines is 1. The van der Waals surface area contributed by atoms with Crippen LogP contribution >= 0.6 is 23.2 Å². The van der Waals surface area contributed by atoms with Crippen LogP contribution in [0.3, 0.4) is 0 Å². The van der Waals surface area contributed by atoms with Gasteiger partial charge in [-0.3, -0.25) is 4.72 Å². The summed E-state index contributed by atoms with van der Waals surface area (Å²) in [6.07, 6.45) is 0. The van der Waals surface area contributed by atoms with E-state index in [4.69, 9.17) is 27.9 Å². The Balaban J connectivity index is 2.26. The number of nitrogens with one attached hydrogen (secondary N) is 1. The van der Waals surface area contributed by atoms with Crippen molar-refractivity contribution in [1.82, 2.24) is 4.90 Å². The lowest BCUT2D eigenvalue weighted by Crippen LogP contribution is -2.19. The van der Waals surface area contributed by atoms with Crippen LogP contribution in [0.1, 0.15) is 0 Å². The number of nitrogens with zero attached hydrogens (tertiary/aromatic N) is 1. The van der Waals surface area contributed by atoms with Crippen LogP contribution in [0.5, 0.6) is 5.75 Å². The lowest BCUT2D eigenvalue weighted by atomic mass is 10.3. The summed E-state index contributed by atoms with van der Waals surface area (Å²) in [6.45, 7) is 0.969. The fourth-order valence-corrected chi connectivity index (χ4v) is 3.47. The predicted molar refractivity (Wildman–Crippen MR) is 97.7 cm³/mol. The summed E-state index contributed by atoms with van der Waals surface area (Å²) in [5, 5.41) is -0.210. The van der Waals surface area contributed by atoms with Crippen LogP contribution in [-0.4, -0.2) is 40.6 Å². The molecule has 0 fully saturated rings. The Labute approximate surface area is 160 Å². The molecular formula is C16H16Cl2F2N2O3S. The number of sulfonamides is 1. The van der Waals surface area contributed by atoms with Gasteiger partial charge in [0.1, 0.15) is 28.9 Å². The molecule has 0 saturated carbocycles. The predicted octanol–water partition coefficient (Wildman–Crippen LogP) is 4.01. The Morgan fingerprint density at radius 3 is 2.42 bits per heavy atom. The summed E-state index contributed by atoms with van der Waals surface area (Å²) >= 11 is 11.6. The van der Waals surface area contributed by atoms with E-state index in [2.05, 4.69) is 4.72 Å². The van der Waals surface area contributed by atoms with E-state index in [0.29, 0.717) is 30.3 Å². The highest BCUT2D eigenvalue weighted by atomic mass is 35.5. The van der Waals surface area contributed by atoms with Gasteiger partial charge in [-0.15, -0.1) is 0 Å². The minimum Gasteiger partial charge on any atom is -0.491 e. The van der Waals surface area contributed by atoms with Gasteiger partial charge in [-0.1, -0.05) is 23.2 Å². The third kappa shape index (κ3) is 5.20. The molecule has 0 aliphatic rings. The van der Waals surface area contributed by atoms with Gasteiger partial charge in [0, 0.05) is 18.7 Å². The first-order valence-electron chi connectivity index (χ1n) is 7.34. The first-order chi connectivity index (χ1) is 12.1. The molecule has 0 atom stereocenters. The summed E-state index contributed by atoms with van der Waals surface area (Å²) in [4.78, 5) is 1.13. The summed E-state index contributed by atoms with van der Waals surface area (Å²) in [5.74, 6) is -2.03. The van der Waals surface area contributed by atoms with Crippen molar-refractivity contribution in [2.24, 2.45) is 0 Å². The first-order valence-corrected chi connectivity index (χ1v) is 9.58. The van der Waals surface area contributed by atoms with E-state index in [9.17, 15) is 17.2 Å². The van der Waals surface area contributed by atoms with Gasteiger partial charge in [0.2, 0.25) is 0 Å². The lowest BCUT2D eigenvalue weighted by Gasteiger charge is -2.14. The molecule has 2 aromatic carbocycles. The van der Waals surface area contributed by atoms with Gasteiger partial charge >= 0.3 is 0 Å². The van der Waals surface area contributed by atoms with Crippen LogP contribution in [0.4, 0.5) is 14.5 Å². The fourth-order valence-electron chi connectivity index (χ4n) is 1.94. The zero-order chi connectivity index (χ0) is 19.5. The average Bonchev–Trinajstić information content (AvgIpc) is 2.53. The number of likely N-dealkylation sites (N-methyl/N-ethyl adjacent to an activating group) is 1. The molecule has 0 unspecified atom stereocenters. The second kappa shape index (κ2) is 8.39. The van der Waals surface area contributed by atoms with Crippen molar-refractivity contribution in [2.45, 2.75) is 4.90 Å². The van der Waals surface area contributed by atoms with Gasteiger partial charge in [0.25, 0.3) is 10.0 Å². The van der Waals surface area contributed by atoms with E-state index in [1.807, 2.05) is 19.0 Å². The molecule has 5 nitrogen and oxygen atoms in total. The van der Waals surface area contributed by atoms with Crippen LogP contribution in [-0.2, 0) is 10.0 Å². The van der Waals surface area contributed by atoms with Gasteiger partial charge in [-0.2, -0.15) is 0 Å². The molecular weight excluding hydrogens is 409 g/mol. The topological polar surface area (TPSA) is 58.6 Å². The highest BCUT2D eigenvalue weighted by molar-refractivity contribution is 7.92. The lowest BCUT2D eigenvalue weighted by molar-refractivity contribution is 0.261. The maximum absolute atomic E-state index is 13.8. The summed E-state index contributed by atoms with van der Waals surface area (Å²) in [5.41, 5.74) is 0.106. The van der Waals surface area contributed by atoms with Crippen molar-refractivity contribution in [3.8, 4) is 5.75 Å². The SMILES string of the molecule is CN(C)CCOc1cc(NS(=O)(=O)c2cc(Cl)c(F)cc2F)ccc1Cl. The van der Waals surface area contributed by atoms with Crippen LogP contribution in [0.15, 0.2) is 35.2 Å². The monoisotopic (exact) mass is 424 g/mol. The molecule has 1 N–H and O–H groups in total. The van der Waals surface area contributed by atoms with Crippen molar-refractivity contribution in [3.05, 3.63) is 52.0 Å². The standard InChI is InChI=1S/C16H16Cl2F2N2O3S/c1-22(2)5-6-25-15-7-10(3-4-11(15)17)21-26(23,24)16-8-12(18)13(19)9-14(16)20/h3-4,7-9,21H,5-6H2,1-2H3. The second-order valence-corrected chi connectivity index (χ2v) is 8.06. The smallest absolute Gasteiger partial charge is 0.264 e. The van der Waals surface area contributed by atoms with Crippen molar-refractivity contribution in [3.63, 3.8) is 0 Å². The third-order valence-corrected chi connectivity index (χ3v) is 5.24. The molecule has 0 saturated heterocycles. The Morgan fingerprint density at radius 1 is 1.08 bits per heavy atom. The number of rotatable bonds is 7. The van der Waals surface area contributed by atoms with Crippen molar-refractivity contribution >= 4 is 38.9 Å². The average molecular weight is 425 g/mol. The third-order valence-electron chi connectivity index (χ3n) is 3.24. The molecule has 2 aromatic rings. The van der Waals surface area contributed by atoms with Gasteiger partial charge in [0.05, 0.1) is 15.7 Å². The maximum atomic E-state index is 13.8. The molecule has 0 radical (unpaired) electrons. The summed E-state index contributed by atoms with van der Waals surface area (Å²) in [6, 6.07) is 5.33. The molecule has 26 heavy (non-hydrogen) atoms. The molecule has 0 aliphatic heterocycles. The minimum absolute atomic E-state index is 0.106. The zero-order valence-electron chi connectivity index (χ0n) is 13.9. The summed E-state index contributed by atoms with van der Waals surface area (Å²) in [7, 11) is -0.584. The Hall–Kier alpha value is -1.61. The Kier molecular flexibility index (Phi) is 6.68. The molecule has 0 aromatic heterocycles. The van der Waals surface area contributed by atoms with E-state index in [1.54, 1.807) is 0 Å². The van der Waals surface area contributed by atoms with Crippen molar-refractivity contribution < 1.29 is 21.9 Å². The van der Waals surface area contributed by atoms with Crippen LogP contribution < -0.4 is 9.46 Å². The normalized spacial score (nSPS) is 11.7. The molecule has 0 aliphatic carbocycles.